The van der Waals surface area contributed by atoms with E-state index in [-0.39, 0.29) is 5.75 Å². The molecule has 0 heterocycles. The molecule has 6 heteroatoms. The predicted octanol–water partition coefficient (Wildman–Crippen LogP) is 2.55. The van der Waals surface area contributed by atoms with Crippen molar-refractivity contribution in [1.29, 1.82) is 0 Å². The first kappa shape index (κ1) is 10.2. The molecule has 0 radical (unpaired) electrons. The summed E-state index contributed by atoms with van der Waals surface area (Å²) in [4.78, 5) is 0.516. The largest absolute Gasteiger partial charge is 0.573 e. The van der Waals surface area contributed by atoms with Gasteiger partial charge in [-0.3, -0.25) is 5.14 Å². The highest BCUT2D eigenvalue weighted by atomic mass is 32.2. The standard InChI is InChI=1S/C7H6F3NOS/c8-7(9,10)12-5-2-1-3-6(4-5)13-11/h1-4H,11H2. The maximum atomic E-state index is 11.7. The molecule has 0 aromatic heterocycles. The average molecular weight is 209 g/mol. The number of halogens is 3. The minimum atomic E-state index is -4.65. The van der Waals surface area contributed by atoms with Gasteiger partial charge in [-0.05, 0) is 30.1 Å². The fraction of sp³-hybridized carbons (Fsp3) is 0.143. The van der Waals surface area contributed by atoms with Crippen LogP contribution in [0, 0.1) is 0 Å². The lowest BCUT2D eigenvalue weighted by atomic mass is 10.3. The van der Waals surface area contributed by atoms with E-state index in [1.54, 1.807) is 6.07 Å². The van der Waals surface area contributed by atoms with Gasteiger partial charge in [-0.25, -0.2) is 0 Å². The second-order valence-corrected chi connectivity index (χ2v) is 2.85. The van der Waals surface area contributed by atoms with E-state index in [9.17, 15) is 13.2 Å². The molecule has 0 saturated carbocycles. The van der Waals surface area contributed by atoms with E-state index in [0.717, 1.165) is 11.9 Å². The van der Waals surface area contributed by atoms with Gasteiger partial charge in [0.1, 0.15) is 5.75 Å². The Morgan fingerprint density at radius 3 is 2.54 bits per heavy atom. The second-order valence-electron chi connectivity index (χ2n) is 2.14. The van der Waals surface area contributed by atoms with Crippen LogP contribution in [0.5, 0.6) is 5.75 Å². The van der Waals surface area contributed by atoms with Crippen LogP contribution in [0.4, 0.5) is 13.2 Å². The molecule has 0 fully saturated rings. The fourth-order valence-corrected chi connectivity index (χ4v) is 1.09. The Bertz CT molecular complexity index is 289. The molecule has 0 amide bonds. The maximum Gasteiger partial charge on any atom is 0.573 e. The summed E-state index contributed by atoms with van der Waals surface area (Å²) in [6.45, 7) is 0. The first-order valence-electron chi connectivity index (χ1n) is 3.24. The summed E-state index contributed by atoms with van der Waals surface area (Å²) < 4.78 is 38.8. The molecule has 0 aliphatic carbocycles. The molecule has 0 aliphatic heterocycles. The molecular formula is C7H6F3NOS. The van der Waals surface area contributed by atoms with E-state index >= 15 is 0 Å². The van der Waals surface area contributed by atoms with Crippen LogP contribution in [-0.2, 0) is 0 Å². The lowest BCUT2D eigenvalue weighted by Gasteiger charge is -2.08. The number of benzene rings is 1. The van der Waals surface area contributed by atoms with Gasteiger partial charge in [-0.1, -0.05) is 6.07 Å². The molecule has 2 N–H and O–H groups in total. The van der Waals surface area contributed by atoms with Crippen LogP contribution in [0.3, 0.4) is 0 Å². The van der Waals surface area contributed by atoms with E-state index in [2.05, 4.69) is 4.74 Å². The molecule has 13 heavy (non-hydrogen) atoms. The third-order valence-electron chi connectivity index (χ3n) is 1.18. The zero-order chi connectivity index (χ0) is 9.90. The number of nitrogens with two attached hydrogens (primary N) is 1. The van der Waals surface area contributed by atoms with E-state index in [4.69, 9.17) is 5.14 Å². The number of alkyl halides is 3. The van der Waals surface area contributed by atoms with E-state index in [1.807, 2.05) is 0 Å². The molecule has 0 saturated heterocycles. The molecule has 1 rings (SSSR count). The van der Waals surface area contributed by atoms with Crippen LogP contribution in [-0.4, -0.2) is 6.36 Å². The summed E-state index contributed by atoms with van der Waals surface area (Å²) >= 11 is 0.862. The summed E-state index contributed by atoms with van der Waals surface area (Å²) in [7, 11) is 0. The van der Waals surface area contributed by atoms with Gasteiger partial charge >= 0.3 is 6.36 Å². The summed E-state index contributed by atoms with van der Waals surface area (Å²) in [5.41, 5.74) is 0. The number of hydrogen-bond donors (Lipinski definition) is 1. The highest BCUT2D eigenvalue weighted by molar-refractivity contribution is 7.97. The first-order chi connectivity index (χ1) is 6.01. The molecule has 0 aliphatic rings. The Morgan fingerprint density at radius 1 is 1.31 bits per heavy atom. The monoisotopic (exact) mass is 209 g/mol. The third-order valence-corrected chi connectivity index (χ3v) is 1.70. The van der Waals surface area contributed by atoms with Crippen molar-refractivity contribution in [2.45, 2.75) is 11.3 Å². The summed E-state index contributed by atoms with van der Waals surface area (Å²) in [6, 6.07) is 5.47. The molecule has 0 bridgehead atoms. The van der Waals surface area contributed by atoms with Gasteiger partial charge in [0.05, 0.1) is 0 Å². The minimum absolute atomic E-state index is 0.261. The van der Waals surface area contributed by atoms with Crippen molar-refractivity contribution in [2.24, 2.45) is 5.14 Å². The first-order valence-corrected chi connectivity index (χ1v) is 4.12. The van der Waals surface area contributed by atoms with Crippen LogP contribution in [0.15, 0.2) is 29.2 Å². The highest BCUT2D eigenvalue weighted by Gasteiger charge is 2.31. The molecule has 1 aromatic carbocycles. The van der Waals surface area contributed by atoms with Gasteiger partial charge in [0, 0.05) is 4.90 Å². The van der Waals surface area contributed by atoms with Crippen molar-refractivity contribution < 1.29 is 17.9 Å². The zero-order valence-corrected chi connectivity index (χ0v) is 7.15. The number of rotatable bonds is 2. The number of hydrogen-bond acceptors (Lipinski definition) is 3. The smallest absolute Gasteiger partial charge is 0.406 e. The van der Waals surface area contributed by atoms with Crippen molar-refractivity contribution in [2.75, 3.05) is 0 Å². The van der Waals surface area contributed by atoms with Crippen LogP contribution in [0.25, 0.3) is 0 Å². The topological polar surface area (TPSA) is 35.2 Å². The lowest BCUT2D eigenvalue weighted by Crippen LogP contribution is -2.17. The van der Waals surface area contributed by atoms with E-state index in [0.29, 0.717) is 4.90 Å². The van der Waals surface area contributed by atoms with Crippen molar-refractivity contribution in [1.82, 2.24) is 0 Å². The van der Waals surface area contributed by atoms with Gasteiger partial charge in [-0.15, -0.1) is 13.2 Å². The van der Waals surface area contributed by atoms with E-state index < -0.39 is 6.36 Å². The summed E-state index contributed by atoms with van der Waals surface area (Å²) in [5.74, 6) is -0.261. The van der Waals surface area contributed by atoms with Crippen LogP contribution in [0.1, 0.15) is 0 Å². The van der Waals surface area contributed by atoms with Gasteiger partial charge in [0.15, 0.2) is 0 Å². The quantitative estimate of drug-likeness (QED) is 0.760. The van der Waals surface area contributed by atoms with Gasteiger partial charge in [-0.2, -0.15) is 0 Å². The summed E-state index contributed by atoms with van der Waals surface area (Å²) in [5, 5.41) is 5.16. The van der Waals surface area contributed by atoms with Crippen molar-refractivity contribution in [3.8, 4) is 5.75 Å². The molecule has 72 valence electrons. The molecular weight excluding hydrogens is 203 g/mol. The Kier molecular flexibility index (Phi) is 3.05. The van der Waals surface area contributed by atoms with Gasteiger partial charge in [0.2, 0.25) is 0 Å². The average Bonchev–Trinajstić information content (AvgIpc) is 2.01. The minimum Gasteiger partial charge on any atom is -0.406 e. The second kappa shape index (κ2) is 3.89. The van der Waals surface area contributed by atoms with Crippen LogP contribution < -0.4 is 9.88 Å². The van der Waals surface area contributed by atoms with Crippen LogP contribution >= 0.6 is 11.9 Å². The Hall–Kier alpha value is -0.880. The molecule has 2 nitrogen and oxygen atoms in total. The van der Waals surface area contributed by atoms with Gasteiger partial charge in [0.25, 0.3) is 0 Å². The Balaban J connectivity index is 2.78. The molecule has 0 spiro atoms. The summed E-state index contributed by atoms with van der Waals surface area (Å²) in [6.07, 6.45) is -4.65. The van der Waals surface area contributed by atoms with E-state index in [1.165, 1.54) is 18.2 Å². The van der Waals surface area contributed by atoms with Crippen molar-refractivity contribution >= 4 is 11.9 Å². The lowest BCUT2D eigenvalue weighted by molar-refractivity contribution is -0.274. The molecule has 0 unspecified atom stereocenters. The highest BCUT2D eigenvalue weighted by Crippen LogP contribution is 2.25. The normalized spacial score (nSPS) is 11.4. The van der Waals surface area contributed by atoms with Crippen molar-refractivity contribution in [3.63, 3.8) is 0 Å². The molecule has 1 aromatic rings. The van der Waals surface area contributed by atoms with Gasteiger partial charge < -0.3 is 4.74 Å². The number of ether oxygens (including phenoxy) is 1. The SMILES string of the molecule is NSc1cccc(OC(F)(F)F)c1. The Labute approximate surface area is 77.0 Å². The molecule has 0 atom stereocenters. The Morgan fingerprint density at radius 2 is 2.00 bits per heavy atom. The predicted molar refractivity (Wildman–Crippen MR) is 43.2 cm³/mol. The van der Waals surface area contributed by atoms with Crippen LogP contribution in [0.2, 0.25) is 0 Å². The maximum absolute atomic E-state index is 11.7. The third kappa shape index (κ3) is 3.56. The zero-order valence-electron chi connectivity index (χ0n) is 6.34. The van der Waals surface area contributed by atoms with Crippen molar-refractivity contribution in [3.05, 3.63) is 24.3 Å². The fourth-order valence-electron chi connectivity index (χ4n) is 0.745.